The molecule has 0 saturated heterocycles. The summed E-state index contributed by atoms with van der Waals surface area (Å²) in [5.41, 5.74) is 1.19. The number of furan rings is 1. The summed E-state index contributed by atoms with van der Waals surface area (Å²) in [5, 5.41) is 3.10. The van der Waals surface area contributed by atoms with Crippen LogP contribution in [-0.4, -0.2) is 38.8 Å². The lowest BCUT2D eigenvalue weighted by Crippen LogP contribution is -2.22. The van der Waals surface area contributed by atoms with E-state index in [0.717, 1.165) is 38.6 Å². The minimum absolute atomic E-state index is 0.775. The maximum atomic E-state index is 5.47. The number of hydrogen-bond donors (Lipinski definition) is 1. The third-order valence-corrected chi connectivity index (χ3v) is 2.34. The molecule has 0 aliphatic heterocycles. The van der Waals surface area contributed by atoms with Crippen LogP contribution in [0.1, 0.15) is 18.2 Å². The number of nitrogens with zero attached hydrogens (tertiary/aromatic N) is 1. The minimum atomic E-state index is 0.775. The van der Waals surface area contributed by atoms with E-state index in [1.165, 1.54) is 5.56 Å². The molecule has 4 heteroatoms. The van der Waals surface area contributed by atoms with Gasteiger partial charge in [0.1, 0.15) is 5.76 Å². The Balaban J connectivity index is 2.28. The molecular formula is C12H22N2O2. The quantitative estimate of drug-likeness (QED) is 0.681. The van der Waals surface area contributed by atoms with Gasteiger partial charge < -0.3 is 14.5 Å². The molecule has 0 aliphatic rings. The van der Waals surface area contributed by atoms with Crippen LogP contribution in [0.25, 0.3) is 0 Å². The molecule has 1 heterocycles. The van der Waals surface area contributed by atoms with Gasteiger partial charge in [-0.05, 0) is 27.1 Å². The van der Waals surface area contributed by atoms with Gasteiger partial charge in [-0.3, -0.25) is 4.90 Å². The second kappa shape index (κ2) is 7.44. The number of rotatable bonds is 8. The van der Waals surface area contributed by atoms with Crippen molar-refractivity contribution in [2.45, 2.75) is 20.0 Å². The van der Waals surface area contributed by atoms with Crippen LogP contribution in [0.4, 0.5) is 0 Å². The van der Waals surface area contributed by atoms with Gasteiger partial charge in [-0.2, -0.15) is 0 Å². The van der Waals surface area contributed by atoms with E-state index in [-0.39, 0.29) is 0 Å². The molecule has 0 atom stereocenters. The zero-order valence-electron chi connectivity index (χ0n) is 10.5. The standard InChI is InChI=1S/C12H22N2O2/c1-4-15-6-5-14(3)9-12-7-11(8-13-2)10-16-12/h7,10,13H,4-6,8-9H2,1-3H3. The van der Waals surface area contributed by atoms with Crippen molar-refractivity contribution >= 4 is 0 Å². The first-order valence-electron chi connectivity index (χ1n) is 5.73. The van der Waals surface area contributed by atoms with E-state index >= 15 is 0 Å². The van der Waals surface area contributed by atoms with Gasteiger partial charge in [0.05, 0.1) is 19.4 Å². The first-order valence-corrected chi connectivity index (χ1v) is 5.73. The molecule has 0 aliphatic carbocycles. The fraction of sp³-hybridized carbons (Fsp3) is 0.667. The molecule has 0 aromatic carbocycles. The van der Waals surface area contributed by atoms with E-state index in [4.69, 9.17) is 9.15 Å². The van der Waals surface area contributed by atoms with E-state index in [1.54, 1.807) is 0 Å². The zero-order valence-corrected chi connectivity index (χ0v) is 10.5. The molecule has 0 amide bonds. The van der Waals surface area contributed by atoms with Crippen molar-refractivity contribution in [1.82, 2.24) is 10.2 Å². The Morgan fingerprint density at radius 1 is 1.50 bits per heavy atom. The summed E-state index contributed by atoms with van der Waals surface area (Å²) in [5.74, 6) is 1.00. The zero-order chi connectivity index (χ0) is 11.8. The largest absolute Gasteiger partial charge is 0.468 e. The van der Waals surface area contributed by atoms with Crippen molar-refractivity contribution in [2.24, 2.45) is 0 Å². The van der Waals surface area contributed by atoms with E-state index in [1.807, 2.05) is 20.2 Å². The third kappa shape index (κ3) is 4.79. The molecule has 4 nitrogen and oxygen atoms in total. The Hall–Kier alpha value is -0.840. The lowest BCUT2D eigenvalue weighted by Gasteiger charge is -2.14. The maximum Gasteiger partial charge on any atom is 0.118 e. The van der Waals surface area contributed by atoms with Crippen molar-refractivity contribution in [1.29, 1.82) is 0 Å². The van der Waals surface area contributed by atoms with E-state index in [2.05, 4.69) is 23.3 Å². The summed E-state index contributed by atoms with van der Waals surface area (Å²) in [6, 6.07) is 2.09. The average Bonchev–Trinajstić information content (AvgIpc) is 2.66. The lowest BCUT2D eigenvalue weighted by molar-refractivity contribution is 0.118. The molecule has 92 valence electrons. The van der Waals surface area contributed by atoms with E-state index in [9.17, 15) is 0 Å². The van der Waals surface area contributed by atoms with Crippen molar-refractivity contribution in [3.05, 3.63) is 23.7 Å². The molecule has 1 aromatic rings. The van der Waals surface area contributed by atoms with E-state index in [0.29, 0.717) is 0 Å². The van der Waals surface area contributed by atoms with Crippen LogP contribution < -0.4 is 5.32 Å². The van der Waals surface area contributed by atoms with Gasteiger partial charge in [-0.1, -0.05) is 0 Å². The predicted molar refractivity (Wildman–Crippen MR) is 64.3 cm³/mol. The van der Waals surface area contributed by atoms with Gasteiger partial charge in [-0.25, -0.2) is 0 Å². The Kier molecular flexibility index (Phi) is 6.15. The Bertz CT molecular complexity index is 286. The van der Waals surface area contributed by atoms with E-state index < -0.39 is 0 Å². The molecule has 0 radical (unpaired) electrons. The van der Waals surface area contributed by atoms with Crippen molar-refractivity contribution in [2.75, 3.05) is 33.9 Å². The van der Waals surface area contributed by atoms with Gasteiger partial charge in [-0.15, -0.1) is 0 Å². The highest BCUT2D eigenvalue weighted by atomic mass is 16.5. The van der Waals surface area contributed by atoms with Crippen molar-refractivity contribution < 1.29 is 9.15 Å². The first-order chi connectivity index (χ1) is 7.76. The minimum Gasteiger partial charge on any atom is -0.468 e. The highest BCUT2D eigenvalue weighted by molar-refractivity contribution is 5.12. The van der Waals surface area contributed by atoms with Gasteiger partial charge in [0.2, 0.25) is 0 Å². The van der Waals surface area contributed by atoms with Crippen LogP contribution in [0, 0.1) is 0 Å². The van der Waals surface area contributed by atoms with Gasteiger partial charge in [0.15, 0.2) is 0 Å². The van der Waals surface area contributed by atoms with Crippen LogP contribution in [0.5, 0.6) is 0 Å². The summed E-state index contributed by atoms with van der Waals surface area (Å²) in [6.45, 7) is 6.17. The monoisotopic (exact) mass is 226 g/mol. The van der Waals surface area contributed by atoms with Crippen LogP contribution in [0.3, 0.4) is 0 Å². The molecule has 1 N–H and O–H groups in total. The van der Waals surface area contributed by atoms with Crippen LogP contribution in [0.2, 0.25) is 0 Å². The number of ether oxygens (including phenoxy) is 1. The van der Waals surface area contributed by atoms with Crippen LogP contribution in [-0.2, 0) is 17.8 Å². The molecule has 1 aromatic heterocycles. The highest BCUT2D eigenvalue weighted by Crippen LogP contribution is 2.09. The second-order valence-corrected chi connectivity index (χ2v) is 3.89. The summed E-state index contributed by atoms with van der Waals surface area (Å²) in [7, 11) is 4.00. The Labute approximate surface area is 97.6 Å². The number of likely N-dealkylation sites (N-methyl/N-ethyl adjacent to an activating group) is 1. The second-order valence-electron chi connectivity index (χ2n) is 3.89. The summed E-state index contributed by atoms with van der Waals surface area (Å²) >= 11 is 0. The van der Waals surface area contributed by atoms with Crippen molar-refractivity contribution in [3.8, 4) is 0 Å². The SMILES string of the molecule is CCOCCN(C)Cc1cc(CNC)co1. The smallest absolute Gasteiger partial charge is 0.118 e. The fourth-order valence-corrected chi connectivity index (χ4v) is 1.52. The summed E-state index contributed by atoms with van der Waals surface area (Å²) < 4.78 is 10.8. The maximum absolute atomic E-state index is 5.47. The molecular weight excluding hydrogens is 204 g/mol. The number of hydrogen-bond acceptors (Lipinski definition) is 4. The van der Waals surface area contributed by atoms with Crippen LogP contribution in [0.15, 0.2) is 16.7 Å². The summed E-state index contributed by atoms with van der Waals surface area (Å²) in [4.78, 5) is 2.19. The molecule has 0 saturated carbocycles. The van der Waals surface area contributed by atoms with Gasteiger partial charge in [0.25, 0.3) is 0 Å². The van der Waals surface area contributed by atoms with Crippen LogP contribution >= 0.6 is 0 Å². The molecule has 0 spiro atoms. The summed E-state index contributed by atoms with van der Waals surface area (Å²) in [6.07, 6.45) is 1.81. The fourth-order valence-electron chi connectivity index (χ4n) is 1.52. The first kappa shape index (κ1) is 13.2. The third-order valence-electron chi connectivity index (χ3n) is 2.34. The molecule has 0 bridgehead atoms. The molecule has 0 unspecified atom stereocenters. The van der Waals surface area contributed by atoms with Crippen molar-refractivity contribution in [3.63, 3.8) is 0 Å². The predicted octanol–water partition coefficient (Wildman–Crippen LogP) is 1.47. The number of nitrogens with one attached hydrogen (secondary N) is 1. The normalized spacial score (nSPS) is 11.2. The molecule has 1 rings (SSSR count). The topological polar surface area (TPSA) is 37.6 Å². The highest BCUT2D eigenvalue weighted by Gasteiger charge is 2.04. The Morgan fingerprint density at radius 3 is 3.00 bits per heavy atom. The Morgan fingerprint density at radius 2 is 2.31 bits per heavy atom. The average molecular weight is 226 g/mol. The lowest BCUT2D eigenvalue weighted by atomic mass is 10.3. The molecule has 16 heavy (non-hydrogen) atoms. The molecule has 0 fully saturated rings. The van der Waals surface area contributed by atoms with Gasteiger partial charge >= 0.3 is 0 Å². The van der Waals surface area contributed by atoms with Gasteiger partial charge in [0, 0.05) is 25.3 Å².